The second-order valence-electron chi connectivity index (χ2n) is 12.0. The highest BCUT2D eigenvalue weighted by atomic mass is 16.7. The first-order valence-electron chi connectivity index (χ1n) is 13.1. The maximum atomic E-state index is 11.8. The summed E-state index contributed by atoms with van der Waals surface area (Å²) >= 11 is 0. The van der Waals surface area contributed by atoms with Crippen molar-refractivity contribution >= 4 is 5.97 Å². The van der Waals surface area contributed by atoms with Crippen LogP contribution in [0.4, 0.5) is 0 Å². The Morgan fingerprint density at radius 3 is 2.56 bits per heavy atom. The van der Waals surface area contributed by atoms with Gasteiger partial charge < -0.3 is 19.3 Å². The Bertz CT molecular complexity index is 666. The highest BCUT2D eigenvalue weighted by Gasteiger charge is 2.64. The molecule has 4 fully saturated rings. The van der Waals surface area contributed by atoms with Crippen molar-refractivity contribution in [2.45, 2.75) is 97.2 Å². The summed E-state index contributed by atoms with van der Waals surface area (Å²) in [5, 5.41) is 10.3. The van der Waals surface area contributed by atoms with Gasteiger partial charge in [-0.05, 0) is 98.7 Å². The minimum atomic E-state index is -0.106. The molecule has 0 bridgehead atoms. The van der Waals surface area contributed by atoms with Crippen molar-refractivity contribution in [3.63, 3.8) is 0 Å². The van der Waals surface area contributed by atoms with Crippen molar-refractivity contribution < 1.29 is 24.1 Å². The number of methoxy groups -OCH3 is 2. The Kier molecular flexibility index (Phi) is 7.30. The van der Waals surface area contributed by atoms with Crippen LogP contribution in [0.15, 0.2) is 0 Å². The molecule has 1 N–H and O–H groups in total. The lowest BCUT2D eigenvalue weighted by molar-refractivity contribution is -0.211. The summed E-state index contributed by atoms with van der Waals surface area (Å²) in [5.41, 5.74) is 0.458. The third-order valence-electron chi connectivity index (χ3n) is 10.9. The quantitative estimate of drug-likeness (QED) is 0.427. The number of hydrogen-bond acceptors (Lipinski definition) is 5. The molecule has 4 aliphatic carbocycles. The summed E-state index contributed by atoms with van der Waals surface area (Å²) in [4.78, 5) is 11.8. The van der Waals surface area contributed by atoms with Gasteiger partial charge in [-0.25, -0.2) is 0 Å². The zero-order valence-corrected chi connectivity index (χ0v) is 21.0. The molecule has 32 heavy (non-hydrogen) atoms. The second-order valence-corrected chi connectivity index (χ2v) is 12.0. The molecular weight excluding hydrogens is 404 g/mol. The van der Waals surface area contributed by atoms with E-state index in [9.17, 15) is 9.90 Å². The Morgan fingerprint density at radius 1 is 1.06 bits per heavy atom. The van der Waals surface area contributed by atoms with E-state index in [4.69, 9.17) is 14.2 Å². The zero-order chi connectivity index (χ0) is 23.1. The van der Waals surface area contributed by atoms with Crippen LogP contribution in [0.25, 0.3) is 0 Å². The van der Waals surface area contributed by atoms with E-state index in [2.05, 4.69) is 20.8 Å². The molecule has 4 rings (SSSR count). The minimum Gasteiger partial charge on any atom is -0.469 e. The standard InChI is InChI=1S/C27H46O5/c1-17(6-11-25(29)31-5)21-9-10-22-20-8-7-18-14-19(28)12-13-26(18,2)23(20)15-24(27(21,22)3)32-16-30-4/h17-24,28H,6-16H2,1-5H3/t17-,18+,19-,20+,21-,22+,23+,24+,26+,27-/m1/s1. The Morgan fingerprint density at radius 2 is 1.84 bits per heavy atom. The Balaban J connectivity index is 1.59. The second kappa shape index (κ2) is 9.54. The van der Waals surface area contributed by atoms with Crippen molar-refractivity contribution in [1.82, 2.24) is 0 Å². The molecule has 0 aliphatic heterocycles. The molecule has 184 valence electrons. The number of carbonyl (C=O) groups is 1. The summed E-state index contributed by atoms with van der Waals surface area (Å²) in [6.07, 6.45) is 10.8. The number of carbonyl (C=O) groups excluding carboxylic acids is 1. The topological polar surface area (TPSA) is 65.0 Å². The van der Waals surface area contributed by atoms with Crippen LogP contribution >= 0.6 is 0 Å². The molecule has 0 aromatic heterocycles. The highest BCUT2D eigenvalue weighted by molar-refractivity contribution is 5.69. The van der Waals surface area contributed by atoms with Crippen LogP contribution in [-0.4, -0.2) is 44.3 Å². The molecule has 0 aromatic rings. The van der Waals surface area contributed by atoms with Gasteiger partial charge in [0.25, 0.3) is 0 Å². The first kappa shape index (κ1) is 24.5. The SMILES string of the molecule is COCO[C@H]1C[C@H]2[C@@H](CC[C@H]3C[C@H](O)CC[C@@]32C)[C@@H]2CC[C@H]([C@H](C)CCC(=O)OC)[C@@]12C. The van der Waals surface area contributed by atoms with E-state index in [0.717, 1.165) is 38.0 Å². The van der Waals surface area contributed by atoms with Gasteiger partial charge in [-0.1, -0.05) is 20.8 Å². The van der Waals surface area contributed by atoms with Crippen molar-refractivity contribution in [2.75, 3.05) is 21.0 Å². The van der Waals surface area contributed by atoms with Gasteiger partial charge in [0.1, 0.15) is 6.79 Å². The lowest BCUT2D eigenvalue weighted by atomic mass is 9.43. The van der Waals surface area contributed by atoms with Gasteiger partial charge in [0, 0.05) is 18.9 Å². The lowest BCUT2D eigenvalue weighted by Crippen LogP contribution is -2.59. The van der Waals surface area contributed by atoms with Crippen molar-refractivity contribution in [3.8, 4) is 0 Å². The van der Waals surface area contributed by atoms with Gasteiger partial charge in [-0.15, -0.1) is 0 Å². The summed E-state index contributed by atoms with van der Waals surface area (Å²) < 4.78 is 16.8. The summed E-state index contributed by atoms with van der Waals surface area (Å²) in [6, 6.07) is 0. The molecule has 0 unspecified atom stereocenters. The summed E-state index contributed by atoms with van der Waals surface area (Å²) in [6.45, 7) is 7.72. The minimum absolute atomic E-state index is 0.0989. The third-order valence-corrected chi connectivity index (χ3v) is 10.9. The van der Waals surface area contributed by atoms with E-state index in [-0.39, 0.29) is 23.6 Å². The maximum absolute atomic E-state index is 11.8. The smallest absolute Gasteiger partial charge is 0.305 e. The molecule has 0 heterocycles. The molecule has 0 spiro atoms. The average Bonchev–Trinajstić information content (AvgIpc) is 3.14. The molecule has 0 saturated heterocycles. The van der Waals surface area contributed by atoms with E-state index in [1.807, 2.05) is 0 Å². The Labute approximate surface area is 195 Å². The van der Waals surface area contributed by atoms with E-state index in [1.54, 1.807) is 7.11 Å². The van der Waals surface area contributed by atoms with E-state index >= 15 is 0 Å². The molecule has 0 amide bonds. The van der Waals surface area contributed by atoms with E-state index in [0.29, 0.717) is 48.2 Å². The number of esters is 1. The van der Waals surface area contributed by atoms with Gasteiger partial charge >= 0.3 is 5.97 Å². The molecule has 4 aliphatic rings. The first-order valence-corrected chi connectivity index (χ1v) is 13.1. The number of aliphatic hydroxyl groups is 1. The fraction of sp³-hybridized carbons (Fsp3) is 0.963. The van der Waals surface area contributed by atoms with Gasteiger partial charge in [0.15, 0.2) is 0 Å². The molecular formula is C27H46O5. The molecule has 5 heteroatoms. The zero-order valence-electron chi connectivity index (χ0n) is 21.0. The Hall–Kier alpha value is -0.650. The molecule has 10 atom stereocenters. The normalized spacial score (nSPS) is 46.6. The van der Waals surface area contributed by atoms with Crippen LogP contribution in [0.3, 0.4) is 0 Å². The van der Waals surface area contributed by atoms with Crippen LogP contribution in [-0.2, 0) is 19.0 Å². The first-order chi connectivity index (χ1) is 15.3. The highest BCUT2D eigenvalue weighted by Crippen LogP contribution is 2.68. The van der Waals surface area contributed by atoms with Crippen LogP contribution in [0, 0.1) is 46.3 Å². The average molecular weight is 451 g/mol. The van der Waals surface area contributed by atoms with Gasteiger partial charge in [0.05, 0.1) is 19.3 Å². The summed E-state index contributed by atoms with van der Waals surface area (Å²) in [5.74, 6) is 3.71. The number of hydrogen-bond donors (Lipinski definition) is 1. The fourth-order valence-electron chi connectivity index (χ4n) is 9.18. The molecule has 4 saturated carbocycles. The number of ether oxygens (including phenoxy) is 3. The van der Waals surface area contributed by atoms with Crippen LogP contribution in [0.2, 0.25) is 0 Å². The van der Waals surface area contributed by atoms with Gasteiger partial charge in [-0.2, -0.15) is 0 Å². The van der Waals surface area contributed by atoms with Crippen LogP contribution < -0.4 is 0 Å². The van der Waals surface area contributed by atoms with Crippen LogP contribution in [0.5, 0.6) is 0 Å². The van der Waals surface area contributed by atoms with Gasteiger partial charge in [0.2, 0.25) is 0 Å². The van der Waals surface area contributed by atoms with E-state index < -0.39 is 0 Å². The predicted molar refractivity (Wildman–Crippen MR) is 124 cm³/mol. The molecule has 5 nitrogen and oxygen atoms in total. The largest absolute Gasteiger partial charge is 0.469 e. The number of fused-ring (bicyclic) bond motifs is 5. The third kappa shape index (κ3) is 4.05. The molecule has 0 radical (unpaired) electrons. The fourth-order valence-corrected chi connectivity index (χ4v) is 9.18. The maximum Gasteiger partial charge on any atom is 0.305 e. The monoisotopic (exact) mass is 450 g/mol. The van der Waals surface area contributed by atoms with Crippen molar-refractivity contribution in [1.29, 1.82) is 0 Å². The number of aliphatic hydroxyl groups excluding tert-OH is 1. The van der Waals surface area contributed by atoms with Crippen molar-refractivity contribution in [2.24, 2.45) is 46.3 Å². The van der Waals surface area contributed by atoms with E-state index in [1.165, 1.54) is 32.8 Å². The molecule has 0 aromatic carbocycles. The lowest BCUT2D eigenvalue weighted by Gasteiger charge is -2.63. The summed E-state index contributed by atoms with van der Waals surface area (Å²) in [7, 11) is 3.20. The number of rotatable bonds is 7. The van der Waals surface area contributed by atoms with Crippen LogP contribution in [0.1, 0.15) is 85.0 Å². The van der Waals surface area contributed by atoms with Gasteiger partial charge in [-0.3, -0.25) is 4.79 Å². The van der Waals surface area contributed by atoms with Crippen molar-refractivity contribution in [3.05, 3.63) is 0 Å². The predicted octanol–water partition coefficient (Wildman–Crippen LogP) is 5.19.